The lowest BCUT2D eigenvalue weighted by atomic mass is 9.88. The van der Waals surface area contributed by atoms with Crippen molar-refractivity contribution in [3.05, 3.63) is 0 Å². The van der Waals surface area contributed by atoms with Gasteiger partial charge in [-0.25, -0.2) is 0 Å². The number of rotatable bonds is 3. The van der Waals surface area contributed by atoms with E-state index in [0.29, 0.717) is 0 Å². The van der Waals surface area contributed by atoms with Gasteiger partial charge in [-0.05, 0) is 13.8 Å². The molecule has 0 aliphatic carbocycles. The lowest BCUT2D eigenvalue weighted by Gasteiger charge is -2.45. The minimum Gasteiger partial charge on any atom is -0.296 e. The molecule has 0 bridgehead atoms. The highest BCUT2D eigenvalue weighted by Gasteiger charge is 2.56. The number of carbonyl (C=O) groups excluding carboxylic acids is 4. The maximum Gasteiger partial charge on any atom is 0.264 e. The van der Waals surface area contributed by atoms with E-state index in [4.69, 9.17) is 0 Å². The number of Topliss-reactive ketones (excluding diaryl/α,β-unsaturated/α-hetero) is 1. The van der Waals surface area contributed by atoms with E-state index in [9.17, 15) is 19.2 Å². The molecule has 1 fully saturated rings. The molecule has 1 aliphatic rings. The van der Waals surface area contributed by atoms with Crippen molar-refractivity contribution in [1.29, 1.82) is 0 Å². The van der Waals surface area contributed by atoms with Gasteiger partial charge < -0.3 is 0 Å². The van der Waals surface area contributed by atoms with Crippen molar-refractivity contribution in [2.24, 2.45) is 0 Å². The van der Waals surface area contributed by atoms with Crippen molar-refractivity contribution in [2.45, 2.75) is 52.1 Å². The first-order valence-electron chi connectivity index (χ1n) is 6.13. The zero-order chi connectivity index (χ0) is 15.0. The smallest absolute Gasteiger partial charge is 0.264 e. The van der Waals surface area contributed by atoms with Gasteiger partial charge >= 0.3 is 0 Å². The van der Waals surface area contributed by atoms with E-state index >= 15 is 0 Å². The second-order valence-electron chi connectivity index (χ2n) is 4.57. The summed E-state index contributed by atoms with van der Waals surface area (Å²) in [4.78, 5) is 49.5. The highest BCUT2D eigenvalue weighted by Crippen LogP contribution is 2.32. The molecule has 0 aromatic heterocycles. The molecular weight excluding hydrogens is 363 g/mol. The van der Waals surface area contributed by atoms with Gasteiger partial charge in [-0.1, -0.05) is 13.8 Å². The van der Waals surface area contributed by atoms with E-state index in [2.05, 4.69) is 0 Å². The zero-order valence-corrected chi connectivity index (χ0v) is 13.6. The minimum absolute atomic E-state index is 0.112. The summed E-state index contributed by atoms with van der Waals surface area (Å²) in [7, 11) is 0. The normalized spacial score (nSPS) is 27.7. The van der Waals surface area contributed by atoms with E-state index < -0.39 is 29.3 Å². The summed E-state index contributed by atoms with van der Waals surface area (Å²) in [5, 5.41) is 0. The lowest BCUT2D eigenvalue weighted by Crippen LogP contribution is -2.70. The fourth-order valence-corrected chi connectivity index (χ4v) is 2.94. The summed E-state index contributed by atoms with van der Waals surface area (Å²) >= 11 is 1.68. The van der Waals surface area contributed by atoms with Crippen LogP contribution in [0.2, 0.25) is 0 Å². The number of hydrogen-bond donors (Lipinski definition) is 0. The molecule has 1 saturated heterocycles. The van der Waals surface area contributed by atoms with Crippen LogP contribution in [-0.2, 0) is 19.2 Å². The summed E-state index contributed by atoms with van der Waals surface area (Å²) in [5.41, 5.74) is -1.59. The van der Waals surface area contributed by atoms with Crippen molar-refractivity contribution in [1.82, 2.24) is 8.01 Å². The summed E-state index contributed by atoms with van der Waals surface area (Å²) in [5.74, 6) is -1.84. The Morgan fingerprint density at radius 3 is 2.21 bits per heavy atom. The molecule has 0 aromatic carbocycles. The van der Waals surface area contributed by atoms with Crippen molar-refractivity contribution in [3.8, 4) is 0 Å². The lowest BCUT2D eigenvalue weighted by molar-refractivity contribution is -0.168. The number of halogens is 1. The van der Waals surface area contributed by atoms with Gasteiger partial charge in [0.1, 0.15) is 6.04 Å². The monoisotopic (exact) mass is 380 g/mol. The minimum atomic E-state index is -1.59. The Labute approximate surface area is 126 Å². The first-order valence-corrected chi connectivity index (χ1v) is 7.09. The van der Waals surface area contributed by atoms with Gasteiger partial charge in [0.05, 0.1) is 22.9 Å². The number of ketones is 1. The summed E-state index contributed by atoms with van der Waals surface area (Å²) in [6.07, 6.45) is 0.235. The molecule has 1 heterocycles. The van der Waals surface area contributed by atoms with E-state index in [-0.39, 0.29) is 18.6 Å². The molecule has 0 spiro atoms. The molecule has 6 nitrogen and oxygen atoms in total. The third kappa shape index (κ3) is 2.28. The standard InChI is InChI=1S/C12H17IN2O4/c1-5-8(16)12(4)11(19)14(9(17)6-2)7(3)10(18)15(12)13/h7H,5-6H2,1-4H3. The molecule has 7 heteroatoms. The van der Waals surface area contributed by atoms with Crippen molar-refractivity contribution in [3.63, 3.8) is 0 Å². The molecule has 0 aromatic rings. The van der Waals surface area contributed by atoms with E-state index in [1.54, 1.807) is 36.7 Å². The molecular formula is C12H17IN2O4. The van der Waals surface area contributed by atoms with E-state index in [1.165, 1.54) is 13.8 Å². The van der Waals surface area contributed by atoms with Crippen LogP contribution in [0.25, 0.3) is 0 Å². The molecule has 3 amide bonds. The zero-order valence-electron chi connectivity index (χ0n) is 11.4. The molecule has 0 saturated carbocycles. The SMILES string of the molecule is CCC(=O)N1C(=O)C(C)(C(=O)CC)N(I)C(=O)C1C. The highest BCUT2D eigenvalue weighted by atomic mass is 127. The van der Waals surface area contributed by atoms with Crippen molar-refractivity contribution >= 4 is 46.4 Å². The maximum atomic E-state index is 12.5. The van der Waals surface area contributed by atoms with Gasteiger partial charge in [0.25, 0.3) is 11.8 Å². The highest BCUT2D eigenvalue weighted by molar-refractivity contribution is 14.1. The average molecular weight is 380 g/mol. The predicted octanol–water partition coefficient (Wildman–Crippen LogP) is 1.07. The van der Waals surface area contributed by atoms with Gasteiger partial charge in [0.2, 0.25) is 5.91 Å². The second-order valence-corrected chi connectivity index (χ2v) is 5.53. The summed E-state index contributed by atoms with van der Waals surface area (Å²) in [6.45, 7) is 6.13. The number of hydrogen-bond acceptors (Lipinski definition) is 4. The van der Waals surface area contributed by atoms with Gasteiger partial charge in [0.15, 0.2) is 11.3 Å². The third-order valence-electron chi connectivity index (χ3n) is 3.40. The Morgan fingerprint density at radius 2 is 1.79 bits per heavy atom. The van der Waals surface area contributed by atoms with Crippen LogP contribution >= 0.6 is 22.9 Å². The van der Waals surface area contributed by atoms with Crippen LogP contribution in [0.4, 0.5) is 0 Å². The quantitative estimate of drug-likeness (QED) is 0.417. The van der Waals surface area contributed by atoms with Gasteiger partial charge in [0, 0.05) is 12.8 Å². The Balaban J connectivity index is 3.34. The van der Waals surface area contributed by atoms with Gasteiger partial charge in [-0.2, -0.15) is 0 Å². The Bertz CT molecular complexity index is 451. The summed E-state index contributed by atoms with van der Waals surface area (Å²) in [6, 6.07) is -0.866. The van der Waals surface area contributed by atoms with Gasteiger partial charge in [-0.15, -0.1) is 0 Å². The molecule has 2 atom stereocenters. The Kier molecular flexibility index (Phi) is 4.70. The first kappa shape index (κ1) is 16.1. The van der Waals surface area contributed by atoms with Gasteiger partial charge in [-0.3, -0.25) is 27.2 Å². The molecule has 0 N–H and O–H groups in total. The molecule has 1 aliphatic heterocycles. The second kappa shape index (κ2) is 5.56. The maximum absolute atomic E-state index is 12.5. The number of amides is 3. The fraction of sp³-hybridized carbons (Fsp3) is 0.667. The Morgan fingerprint density at radius 1 is 1.26 bits per heavy atom. The van der Waals surface area contributed by atoms with Crippen molar-refractivity contribution in [2.75, 3.05) is 0 Å². The van der Waals surface area contributed by atoms with Crippen LogP contribution in [0.15, 0.2) is 0 Å². The number of piperazine rings is 1. The molecule has 0 radical (unpaired) electrons. The third-order valence-corrected chi connectivity index (χ3v) is 4.84. The largest absolute Gasteiger partial charge is 0.296 e. The Hall–Kier alpha value is -0.990. The van der Waals surface area contributed by atoms with Crippen LogP contribution in [0.1, 0.15) is 40.5 Å². The predicted molar refractivity (Wildman–Crippen MR) is 76.2 cm³/mol. The molecule has 19 heavy (non-hydrogen) atoms. The summed E-state index contributed by atoms with van der Waals surface area (Å²) < 4.78 is 1.13. The van der Waals surface area contributed by atoms with Crippen LogP contribution in [0.3, 0.4) is 0 Å². The van der Waals surface area contributed by atoms with Crippen LogP contribution in [0.5, 0.6) is 0 Å². The van der Waals surface area contributed by atoms with E-state index in [0.717, 1.165) is 8.01 Å². The molecule has 106 valence electrons. The molecule has 1 rings (SSSR count). The number of carbonyl (C=O) groups is 4. The topological polar surface area (TPSA) is 74.8 Å². The number of nitrogens with zero attached hydrogens (tertiary/aromatic N) is 2. The van der Waals surface area contributed by atoms with Crippen LogP contribution < -0.4 is 0 Å². The van der Waals surface area contributed by atoms with Crippen molar-refractivity contribution < 1.29 is 19.2 Å². The van der Waals surface area contributed by atoms with E-state index in [1.807, 2.05) is 0 Å². The molecule has 2 unspecified atom stereocenters. The fourth-order valence-electron chi connectivity index (χ4n) is 2.06. The average Bonchev–Trinajstić information content (AvgIpc) is 2.41. The number of imide groups is 1. The van der Waals surface area contributed by atoms with Crippen LogP contribution in [0, 0.1) is 0 Å². The first-order chi connectivity index (χ1) is 8.73. The van der Waals surface area contributed by atoms with Crippen LogP contribution in [-0.4, -0.2) is 43.1 Å².